The molecule has 2 N–H and O–H groups in total. The Morgan fingerprint density at radius 2 is 2.11 bits per heavy atom. The molecule has 140 valence electrons. The van der Waals surface area contributed by atoms with Crippen LogP contribution >= 0.6 is 0 Å². The smallest absolute Gasteiger partial charge is 0.251 e. The highest BCUT2D eigenvalue weighted by atomic mass is 16.5. The van der Waals surface area contributed by atoms with Crippen molar-refractivity contribution in [3.05, 3.63) is 54.4 Å². The molecule has 0 saturated carbocycles. The topological polar surface area (TPSA) is 68.2 Å². The van der Waals surface area contributed by atoms with Gasteiger partial charge in [-0.2, -0.15) is 0 Å². The summed E-state index contributed by atoms with van der Waals surface area (Å²) < 4.78 is 8.04. The van der Waals surface area contributed by atoms with Gasteiger partial charge in [-0.05, 0) is 69.3 Å². The van der Waals surface area contributed by atoms with E-state index in [9.17, 15) is 4.79 Å². The molecule has 1 aliphatic heterocycles. The molecule has 1 aromatic carbocycles. The van der Waals surface area contributed by atoms with Crippen molar-refractivity contribution in [1.82, 2.24) is 20.2 Å². The molecular formula is C21H24N4O2. The molecule has 1 saturated heterocycles. The second-order valence-corrected chi connectivity index (χ2v) is 6.74. The summed E-state index contributed by atoms with van der Waals surface area (Å²) in [5.74, 6) is 1.58. The van der Waals surface area contributed by atoms with Gasteiger partial charge in [0.15, 0.2) is 0 Å². The predicted molar refractivity (Wildman–Crippen MR) is 106 cm³/mol. The van der Waals surface area contributed by atoms with E-state index in [-0.39, 0.29) is 12.0 Å². The van der Waals surface area contributed by atoms with Gasteiger partial charge in [-0.25, -0.2) is 4.98 Å². The quantitative estimate of drug-likeness (QED) is 0.730. The standard InChI is InChI=1S/C21H24N4O2/c1-2-23-21(26)16-3-5-19-15(13-16)9-12-25(19)20-6-4-18(14-24-20)27-17-7-10-22-11-8-17/h3-6,9,12-14,17,22H,2,7-8,10-11H2,1H3,(H,23,26). The first-order valence-corrected chi connectivity index (χ1v) is 9.47. The monoisotopic (exact) mass is 364 g/mol. The summed E-state index contributed by atoms with van der Waals surface area (Å²) in [6.45, 7) is 4.54. The molecule has 1 amide bonds. The first-order valence-electron chi connectivity index (χ1n) is 9.47. The zero-order valence-electron chi connectivity index (χ0n) is 15.4. The third kappa shape index (κ3) is 3.80. The van der Waals surface area contributed by atoms with Crippen molar-refractivity contribution in [2.45, 2.75) is 25.9 Å². The summed E-state index contributed by atoms with van der Waals surface area (Å²) in [5, 5.41) is 7.18. The number of carbonyl (C=O) groups excluding carboxylic acids is 1. The number of nitrogens with one attached hydrogen (secondary N) is 2. The van der Waals surface area contributed by atoms with Crippen LogP contribution in [0.4, 0.5) is 0 Å². The Labute approximate surface area is 158 Å². The molecule has 1 fully saturated rings. The van der Waals surface area contributed by atoms with Crippen LogP contribution in [0.5, 0.6) is 5.75 Å². The van der Waals surface area contributed by atoms with Gasteiger partial charge in [-0.1, -0.05) is 0 Å². The minimum absolute atomic E-state index is 0.0512. The molecule has 0 spiro atoms. The summed E-state index contributed by atoms with van der Waals surface area (Å²) in [6, 6.07) is 11.6. The molecule has 1 aliphatic rings. The maximum absolute atomic E-state index is 12.0. The fourth-order valence-electron chi connectivity index (χ4n) is 3.44. The third-order valence-corrected chi connectivity index (χ3v) is 4.85. The second kappa shape index (κ2) is 7.80. The molecule has 6 nitrogen and oxygen atoms in total. The Bertz CT molecular complexity index is 927. The lowest BCUT2D eigenvalue weighted by atomic mass is 10.1. The van der Waals surface area contributed by atoms with Crippen LogP contribution in [0, 0.1) is 0 Å². The summed E-state index contributed by atoms with van der Waals surface area (Å²) in [6.07, 6.45) is 6.07. The number of nitrogens with zero attached hydrogens (tertiary/aromatic N) is 2. The summed E-state index contributed by atoms with van der Waals surface area (Å²) >= 11 is 0. The van der Waals surface area contributed by atoms with E-state index in [0.717, 1.165) is 48.4 Å². The number of fused-ring (bicyclic) bond motifs is 1. The van der Waals surface area contributed by atoms with Crippen molar-refractivity contribution in [2.24, 2.45) is 0 Å². The largest absolute Gasteiger partial charge is 0.489 e. The number of carbonyl (C=O) groups is 1. The average Bonchev–Trinajstić information content (AvgIpc) is 3.13. The number of aromatic nitrogens is 2. The maximum Gasteiger partial charge on any atom is 0.251 e. The minimum Gasteiger partial charge on any atom is -0.489 e. The van der Waals surface area contributed by atoms with Crippen molar-refractivity contribution in [2.75, 3.05) is 19.6 Å². The molecule has 4 rings (SSSR count). The van der Waals surface area contributed by atoms with Crippen LogP contribution in [-0.2, 0) is 0 Å². The van der Waals surface area contributed by atoms with E-state index in [1.54, 1.807) is 6.20 Å². The fraction of sp³-hybridized carbons (Fsp3) is 0.333. The normalized spacial score (nSPS) is 15.0. The van der Waals surface area contributed by atoms with Crippen molar-refractivity contribution in [1.29, 1.82) is 0 Å². The number of hydrogen-bond acceptors (Lipinski definition) is 4. The zero-order valence-corrected chi connectivity index (χ0v) is 15.4. The molecule has 0 atom stereocenters. The molecular weight excluding hydrogens is 340 g/mol. The van der Waals surface area contributed by atoms with Gasteiger partial charge in [-0.15, -0.1) is 0 Å². The van der Waals surface area contributed by atoms with Gasteiger partial charge in [0.2, 0.25) is 0 Å². The molecule has 0 radical (unpaired) electrons. The van der Waals surface area contributed by atoms with Gasteiger partial charge in [-0.3, -0.25) is 4.79 Å². The number of ether oxygens (including phenoxy) is 1. The predicted octanol–water partition coefficient (Wildman–Crippen LogP) is 2.91. The molecule has 3 aromatic rings. The van der Waals surface area contributed by atoms with E-state index in [0.29, 0.717) is 12.1 Å². The molecule has 0 unspecified atom stereocenters. The van der Waals surface area contributed by atoms with Crippen LogP contribution in [-0.4, -0.2) is 41.2 Å². The summed E-state index contributed by atoms with van der Waals surface area (Å²) in [4.78, 5) is 16.6. The third-order valence-electron chi connectivity index (χ3n) is 4.85. The molecule has 0 aliphatic carbocycles. The highest BCUT2D eigenvalue weighted by molar-refractivity contribution is 5.98. The van der Waals surface area contributed by atoms with Gasteiger partial charge >= 0.3 is 0 Å². The average molecular weight is 364 g/mol. The zero-order chi connectivity index (χ0) is 18.6. The first kappa shape index (κ1) is 17.5. The van der Waals surface area contributed by atoms with Gasteiger partial charge in [0.1, 0.15) is 17.7 Å². The SMILES string of the molecule is CCNC(=O)c1ccc2c(ccn2-c2ccc(OC3CCNCC3)cn2)c1. The Hall–Kier alpha value is -2.86. The Morgan fingerprint density at radius 1 is 1.26 bits per heavy atom. The van der Waals surface area contributed by atoms with Crippen LogP contribution in [0.15, 0.2) is 48.8 Å². The van der Waals surface area contributed by atoms with E-state index in [4.69, 9.17) is 4.74 Å². The summed E-state index contributed by atoms with van der Waals surface area (Å²) in [7, 11) is 0. The lowest BCUT2D eigenvalue weighted by Crippen LogP contribution is -2.34. The van der Waals surface area contributed by atoms with Crippen molar-refractivity contribution in [3.8, 4) is 11.6 Å². The van der Waals surface area contributed by atoms with E-state index < -0.39 is 0 Å². The molecule has 2 aromatic heterocycles. The van der Waals surface area contributed by atoms with Crippen LogP contribution in [0.2, 0.25) is 0 Å². The number of rotatable bonds is 5. The van der Waals surface area contributed by atoms with Gasteiger partial charge in [0.05, 0.1) is 11.7 Å². The maximum atomic E-state index is 12.0. The highest BCUT2D eigenvalue weighted by Gasteiger charge is 2.15. The van der Waals surface area contributed by atoms with Crippen LogP contribution in [0.1, 0.15) is 30.1 Å². The first-order chi connectivity index (χ1) is 13.2. The van der Waals surface area contributed by atoms with Gasteiger partial charge in [0, 0.05) is 23.7 Å². The number of amides is 1. The van der Waals surface area contributed by atoms with Gasteiger partial charge < -0.3 is 19.9 Å². The second-order valence-electron chi connectivity index (χ2n) is 6.74. The van der Waals surface area contributed by atoms with E-state index in [1.807, 2.05) is 54.1 Å². The Morgan fingerprint density at radius 3 is 2.85 bits per heavy atom. The summed E-state index contributed by atoms with van der Waals surface area (Å²) in [5.41, 5.74) is 1.68. The molecule has 3 heterocycles. The van der Waals surface area contributed by atoms with E-state index in [1.165, 1.54) is 0 Å². The molecule has 27 heavy (non-hydrogen) atoms. The fourth-order valence-corrected chi connectivity index (χ4v) is 3.44. The van der Waals surface area contributed by atoms with Crippen molar-refractivity contribution < 1.29 is 9.53 Å². The number of benzene rings is 1. The number of pyridine rings is 1. The minimum atomic E-state index is -0.0512. The molecule has 0 bridgehead atoms. The highest BCUT2D eigenvalue weighted by Crippen LogP contribution is 2.23. The molecule has 6 heteroatoms. The lowest BCUT2D eigenvalue weighted by molar-refractivity contribution is 0.0956. The number of piperidine rings is 1. The Balaban J connectivity index is 1.54. The lowest BCUT2D eigenvalue weighted by Gasteiger charge is -2.23. The number of hydrogen-bond donors (Lipinski definition) is 2. The van der Waals surface area contributed by atoms with Crippen LogP contribution < -0.4 is 15.4 Å². The van der Waals surface area contributed by atoms with Crippen LogP contribution in [0.3, 0.4) is 0 Å². The van der Waals surface area contributed by atoms with E-state index in [2.05, 4.69) is 15.6 Å². The van der Waals surface area contributed by atoms with E-state index >= 15 is 0 Å². The Kier molecular flexibility index (Phi) is 5.07. The van der Waals surface area contributed by atoms with Crippen molar-refractivity contribution >= 4 is 16.8 Å². The van der Waals surface area contributed by atoms with Crippen LogP contribution in [0.25, 0.3) is 16.7 Å². The van der Waals surface area contributed by atoms with Crippen molar-refractivity contribution in [3.63, 3.8) is 0 Å². The van der Waals surface area contributed by atoms with Gasteiger partial charge in [0.25, 0.3) is 5.91 Å².